The molecule has 0 spiro atoms. The number of hydrogen-bond acceptors (Lipinski definition) is 18. The number of aromatic nitrogens is 6. The van der Waals surface area contributed by atoms with Gasteiger partial charge < -0.3 is 43.1 Å². The van der Waals surface area contributed by atoms with Crippen LogP contribution in [0.2, 0.25) is 0 Å². The van der Waals surface area contributed by atoms with Crippen molar-refractivity contribution in [1.29, 1.82) is 0 Å². The van der Waals surface area contributed by atoms with E-state index in [-0.39, 0.29) is 46.9 Å². The van der Waals surface area contributed by atoms with Crippen molar-refractivity contribution >= 4 is 50.2 Å². The maximum absolute atomic E-state index is 14.7. The number of benzene rings is 6. The first-order chi connectivity index (χ1) is 46.8. The quantitative estimate of drug-likeness (QED) is 0.0786. The molecule has 3 fully saturated rings. The first-order valence-electron chi connectivity index (χ1n) is 32.2. The van der Waals surface area contributed by atoms with Crippen LogP contribution in [0.15, 0.2) is 161 Å². The Morgan fingerprint density at radius 2 is 0.760 bits per heavy atom. The van der Waals surface area contributed by atoms with Crippen LogP contribution < -0.4 is 43.1 Å². The van der Waals surface area contributed by atoms with Crippen LogP contribution in [0.5, 0.6) is 34.5 Å². The Balaban J connectivity index is 0.000000130. The highest BCUT2D eigenvalue weighted by atomic mass is 32.2. The molecule has 3 saturated heterocycles. The van der Waals surface area contributed by atoms with Gasteiger partial charge in [0.2, 0.25) is 17.8 Å². The molecule has 0 N–H and O–H groups in total. The van der Waals surface area contributed by atoms with E-state index in [1.165, 1.54) is 18.2 Å². The summed E-state index contributed by atoms with van der Waals surface area (Å²) in [5.41, 5.74) is 7.78. The summed E-state index contributed by atoms with van der Waals surface area (Å²) in [5.74, 6) is 4.97. The van der Waals surface area contributed by atoms with Crippen LogP contribution in [0, 0.1) is 35.2 Å². The molecule has 0 amide bonds. The van der Waals surface area contributed by atoms with Gasteiger partial charge in [0.25, 0.3) is 0 Å². The summed E-state index contributed by atoms with van der Waals surface area (Å²) >= 11 is 0. The van der Waals surface area contributed by atoms with Crippen LogP contribution in [0.3, 0.4) is 0 Å². The molecule has 9 aromatic rings. The molecular weight excluding hydrogens is 1290 g/mol. The Labute approximate surface area is 563 Å². The maximum Gasteiger partial charge on any atom is 0.225 e. The van der Waals surface area contributed by atoms with Crippen molar-refractivity contribution in [2.45, 2.75) is 74.0 Å². The first-order valence-corrected chi connectivity index (χ1v) is 36.2. The summed E-state index contributed by atoms with van der Waals surface area (Å²) in [6.45, 7) is 12.5. The molecule has 18 nitrogen and oxygen atoms in total. The summed E-state index contributed by atoms with van der Waals surface area (Å²) in [6, 6.07) is 35.0. The van der Waals surface area contributed by atoms with Crippen molar-refractivity contribution in [2.24, 2.45) is 17.8 Å². The van der Waals surface area contributed by atoms with Crippen molar-refractivity contribution in [3.8, 4) is 67.9 Å². The SMILES string of the molecule is CCc1ccnc(N2CC[C@H](COc3ccc(-c4ccc5c(c4)OC[S@@]5=O)cc3F)C2)n1.CCc1ccnc(N2CC[C@H](COc3ccc(-c4ccc5c(c4)OC[S@]5=O)cc3F)C2)n1.CCc1cnc(N2CC[C@H](COc3ccc(-c4ccc5c(c4)OC[S@]5=O)cc3F)C2)nc1. The van der Waals surface area contributed by atoms with E-state index in [0.717, 1.165) is 146 Å². The lowest BCUT2D eigenvalue weighted by Crippen LogP contribution is -2.24. The molecule has 0 saturated carbocycles. The van der Waals surface area contributed by atoms with E-state index in [9.17, 15) is 25.8 Å². The Kier molecular flexibility index (Phi) is 20.5. The molecular formula is C72H72F3N9O9S3. The third-order valence-corrected chi connectivity index (χ3v) is 21.2. The zero-order valence-electron chi connectivity index (χ0n) is 53.4. The van der Waals surface area contributed by atoms with E-state index >= 15 is 0 Å². The van der Waals surface area contributed by atoms with Crippen molar-refractivity contribution in [1.82, 2.24) is 29.9 Å². The van der Waals surface area contributed by atoms with E-state index in [1.807, 2.05) is 60.9 Å². The summed E-state index contributed by atoms with van der Waals surface area (Å²) < 4.78 is 113. The number of fused-ring (bicyclic) bond motifs is 3. The molecule has 6 atom stereocenters. The lowest BCUT2D eigenvalue weighted by molar-refractivity contribution is 0.250. The molecule has 0 bridgehead atoms. The van der Waals surface area contributed by atoms with Gasteiger partial charge in [0.05, 0.1) is 66.9 Å². The van der Waals surface area contributed by atoms with E-state index < -0.39 is 49.9 Å². The fourth-order valence-corrected chi connectivity index (χ4v) is 14.9. The van der Waals surface area contributed by atoms with Crippen LogP contribution >= 0.6 is 0 Å². The predicted octanol–water partition coefficient (Wildman–Crippen LogP) is 12.6. The average Bonchev–Trinajstić information content (AvgIpc) is 1.58. The number of ether oxygens (including phenoxy) is 6. The minimum atomic E-state index is -1.12. The van der Waals surface area contributed by atoms with Crippen LogP contribution in [-0.4, -0.2) is 119 Å². The van der Waals surface area contributed by atoms with Gasteiger partial charge in [-0.15, -0.1) is 0 Å². The molecule has 498 valence electrons. The molecule has 0 unspecified atom stereocenters. The summed E-state index contributed by atoms with van der Waals surface area (Å²) in [4.78, 5) is 35.4. The Morgan fingerprint density at radius 1 is 0.427 bits per heavy atom. The number of rotatable bonds is 18. The second-order valence-electron chi connectivity index (χ2n) is 24.1. The molecule has 15 rings (SSSR count). The van der Waals surface area contributed by atoms with Crippen LogP contribution in [0.1, 0.15) is 57.0 Å². The third kappa shape index (κ3) is 15.3. The van der Waals surface area contributed by atoms with E-state index in [2.05, 4.69) is 65.4 Å². The minimum absolute atomic E-state index is 0.175. The summed E-state index contributed by atoms with van der Waals surface area (Å²) in [7, 11) is -3.36. The molecule has 96 heavy (non-hydrogen) atoms. The second kappa shape index (κ2) is 30.0. The Morgan fingerprint density at radius 3 is 1.09 bits per heavy atom. The normalized spacial score (nSPS) is 19.6. The molecule has 9 heterocycles. The Bertz CT molecular complexity index is 4190. The van der Waals surface area contributed by atoms with E-state index in [0.29, 0.717) is 57.7 Å². The van der Waals surface area contributed by atoms with Crippen molar-refractivity contribution in [3.05, 3.63) is 181 Å². The predicted molar refractivity (Wildman–Crippen MR) is 363 cm³/mol. The molecule has 3 aromatic heterocycles. The number of halogens is 3. The largest absolute Gasteiger partial charge is 0.490 e. The van der Waals surface area contributed by atoms with E-state index in [4.69, 9.17) is 28.4 Å². The first kappa shape index (κ1) is 65.7. The zero-order chi connectivity index (χ0) is 66.2. The van der Waals surface area contributed by atoms with Gasteiger partial charge in [0.1, 0.15) is 17.2 Å². The summed E-state index contributed by atoms with van der Waals surface area (Å²) in [6.07, 6.45) is 12.9. The average molecular weight is 1360 g/mol. The molecule has 6 aliphatic rings. The van der Waals surface area contributed by atoms with Gasteiger partial charge in [-0.3, -0.25) is 12.6 Å². The van der Waals surface area contributed by atoms with Gasteiger partial charge in [-0.1, -0.05) is 57.2 Å². The molecule has 0 radical (unpaired) electrons. The van der Waals surface area contributed by atoms with Gasteiger partial charge in [0.15, 0.2) is 52.5 Å². The number of nitrogens with zero attached hydrogens (tertiary/aromatic N) is 9. The van der Waals surface area contributed by atoms with Gasteiger partial charge in [-0.25, -0.2) is 43.1 Å². The van der Waals surface area contributed by atoms with Crippen molar-refractivity contribution in [2.75, 3.05) is 91.6 Å². The lowest BCUT2D eigenvalue weighted by atomic mass is 10.0. The smallest absolute Gasteiger partial charge is 0.225 e. The fraction of sp³-hybridized carbons (Fsp3) is 0.333. The monoisotopic (exact) mass is 1360 g/mol. The minimum Gasteiger partial charge on any atom is -0.490 e. The standard InChI is InChI=1S/3C24H24FN3O3S/c2*1-2-19-7-9-26-24(27-19)28-10-8-16(13-28)14-30-21-5-3-17(11-20(21)25)18-4-6-23-22(12-18)31-15-32(23)29;1-2-16-11-26-24(27-12-16)28-8-7-17(13-28)14-30-21-5-3-18(9-20(21)25)19-4-6-23-22(10-19)31-15-32(23)29/h2*3-7,9,11-12,16H,2,8,10,13-15H2,1H3;3-6,9-12,17H,2,7-8,13-15H2,1H3/t16-,32+;16-,32-;17-,32+/m000/s1. The van der Waals surface area contributed by atoms with Gasteiger partial charge >= 0.3 is 0 Å². The lowest BCUT2D eigenvalue weighted by Gasteiger charge is -2.17. The second-order valence-corrected chi connectivity index (χ2v) is 28.2. The molecule has 6 aliphatic heterocycles. The molecule has 0 aliphatic carbocycles. The number of anilines is 3. The highest BCUT2D eigenvalue weighted by Crippen LogP contribution is 2.39. The van der Waals surface area contributed by atoms with Crippen LogP contribution in [0.4, 0.5) is 31.0 Å². The van der Waals surface area contributed by atoms with Crippen LogP contribution in [-0.2, 0) is 51.7 Å². The molecule has 6 aromatic carbocycles. The highest BCUT2D eigenvalue weighted by Gasteiger charge is 2.30. The zero-order valence-corrected chi connectivity index (χ0v) is 55.8. The van der Waals surface area contributed by atoms with Crippen molar-refractivity contribution in [3.63, 3.8) is 0 Å². The molecule has 24 heteroatoms. The number of hydrogen-bond donors (Lipinski definition) is 0. The summed E-state index contributed by atoms with van der Waals surface area (Å²) in [5, 5.41) is 0. The third-order valence-electron chi connectivity index (χ3n) is 17.7. The highest BCUT2D eigenvalue weighted by molar-refractivity contribution is 7.85. The fourth-order valence-electron chi connectivity index (χ4n) is 12.1. The van der Waals surface area contributed by atoms with E-state index in [1.54, 1.807) is 67.0 Å². The van der Waals surface area contributed by atoms with Crippen LogP contribution in [0.25, 0.3) is 33.4 Å². The number of aryl methyl sites for hydroxylation is 3. The van der Waals surface area contributed by atoms with Crippen molar-refractivity contribution < 1.29 is 54.2 Å². The topological polar surface area (TPSA) is 194 Å². The maximum atomic E-state index is 14.7. The Hall–Kier alpha value is -9.00. The van der Waals surface area contributed by atoms with Gasteiger partial charge in [-0.2, -0.15) is 0 Å². The van der Waals surface area contributed by atoms with Gasteiger partial charge in [-0.05, 0) is 162 Å². The van der Waals surface area contributed by atoms with Gasteiger partial charge in [0, 0.05) is 93.2 Å².